The van der Waals surface area contributed by atoms with Crippen LogP contribution >= 0.6 is 24.0 Å². The third-order valence-electron chi connectivity index (χ3n) is 4.10. The van der Waals surface area contributed by atoms with Gasteiger partial charge in [-0.1, -0.05) is 18.2 Å². The molecule has 2 atom stereocenters. The van der Waals surface area contributed by atoms with Crippen LogP contribution in [0.4, 0.5) is 18.9 Å². The summed E-state index contributed by atoms with van der Waals surface area (Å²) in [6.07, 6.45) is -4.03. The predicted molar refractivity (Wildman–Crippen MR) is 117 cm³/mol. The molecule has 1 fully saturated rings. The van der Waals surface area contributed by atoms with E-state index < -0.39 is 6.36 Å². The van der Waals surface area contributed by atoms with Gasteiger partial charge in [-0.25, -0.2) is 4.99 Å². The molecule has 0 bridgehead atoms. The second-order valence-electron chi connectivity index (χ2n) is 6.83. The van der Waals surface area contributed by atoms with E-state index in [0.29, 0.717) is 12.0 Å². The first-order valence-electron chi connectivity index (χ1n) is 8.93. The van der Waals surface area contributed by atoms with Crippen molar-refractivity contribution in [3.05, 3.63) is 54.1 Å². The van der Waals surface area contributed by atoms with E-state index in [9.17, 15) is 13.2 Å². The number of nitrogens with two attached hydrogens (primary N) is 1. The average Bonchev–Trinajstić information content (AvgIpc) is 3.34. The Bertz CT molecular complexity index is 842. The van der Waals surface area contributed by atoms with Crippen LogP contribution in [0.15, 0.2) is 53.5 Å². The van der Waals surface area contributed by atoms with Gasteiger partial charge in [-0.15, -0.1) is 37.1 Å². The molecule has 1 saturated carbocycles. The maximum Gasteiger partial charge on any atom is 0.573 e. The van der Waals surface area contributed by atoms with Crippen LogP contribution in [0.25, 0.3) is 0 Å². The maximum absolute atomic E-state index is 12.6. The highest BCUT2D eigenvalue weighted by Crippen LogP contribution is 2.47. The first kappa shape index (κ1) is 23.1. The summed E-state index contributed by atoms with van der Waals surface area (Å²) in [6.45, 7) is 3.89. The van der Waals surface area contributed by atoms with Crippen LogP contribution in [0, 0.1) is 0 Å². The van der Waals surface area contributed by atoms with Gasteiger partial charge in [-0.05, 0) is 56.2 Å². The number of guanidine groups is 1. The van der Waals surface area contributed by atoms with Crippen LogP contribution in [0.2, 0.25) is 0 Å². The molecule has 2 unspecified atom stereocenters. The lowest BCUT2D eigenvalue weighted by Crippen LogP contribution is -2.23. The second kappa shape index (κ2) is 9.55. The van der Waals surface area contributed by atoms with Crippen molar-refractivity contribution in [2.75, 3.05) is 5.32 Å². The minimum atomic E-state index is -4.73. The maximum atomic E-state index is 12.6. The number of hydrogen-bond donors (Lipinski definition) is 2. The standard InChI is InChI=1S/C20H22F3N3O2.HI/c1-12(2)27-14-9-7-13(8-10-14)25-19(24)26-17-11-16(17)15-5-3-4-6-18(15)28-20(21,22)23;/h3-10,12,16-17H,11H2,1-2H3,(H3,24,25,26);1H. The fraction of sp³-hybridized carbons (Fsp3) is 0.350. The van der Waals surface area contributed by atoms with Crippen molar-refractivity contribution in [3.8, 4) is 11.5 Å². The number of rotatable bonds is 6. The summed E-state index contributed by atoms with van der Waals surface area (Å²) >= 11 is 0. The van der Waals surface area contributed by atoms with E-state index in [-0.39, 0.29) is 53.7 Å². The van der Waals surface area contributed by atoms with Crippen molar-refractivity contribution in [3.63, 3.8) is 0 Å². The quantitative estimate of drug-likeness (QED) is 0.309. The largest absolute Gasteiger partial charge is 0.573 e. The number of halogens is 4. The zero-order chi connectivity index (χ0) is 20.3. The Morgan fingerprint density at radius 3 is 2.41 bits per heavy atom. The first-order valence-corrected chi connectivity index (χ1v) is 8.93. The molecule has 1 aliphatic rings. The zero-order valence-corrected chi connectivity index (χ0v) is 18.3. The summed E-state index contributed by atoms with van der Waals surface area (Å²) in [5.41, 5.74) is 7.17. The van der Waals surface area contributed by atoms with Crippen molar-refractivity contribution >= 4 is 35.6 Å². The molecular weight excluding hydrogens is 498 g/mol. The number of aliphatic imine (C=N–C) groups is 1. The molecular formula is C20H23F3IN3O2. The molecule has 1 aliphatic carbocycles. The minimum Gasteiger partial charge on any atom is -0.491 e. The third kappa shape index (κ3) is 6.98. The average molecular weight is 521 g/mol. The Labute approximate surface area is 184 Å². The molecule has 5 nitrogen and oxygen atoms in total. The fourth-order valence-corrected chi connectivity index (χ4v) is 2.91. The topological polar surface area (TPSA) is 68.9 Å². The summed E-state index contributed by atoms with van der Waals surface area (Å²) in [7, 11) is 0. The molecule has 0 spiro atoms. The van der Waals surface area contributed by atoms with E-state index >= 15 is 0 Å². The normalized spacial score (nSPS) is 18.8. The highest BCUT2D eigenvalue weighted by atomic mass is 127. The minimum absolute atomic E-state index is 0. The van der Waals surface area contributed by atoms with E-state index in [0.717, 1.165) is 11.4 Å². The predicted octanol–water partition coefficient (Wildman–Crippen LogP) is 5.27. The van der Waals surface area contributed by atoms with Gasteiger partial charge in [0, 0.05) is 11.6 Å². The van der Waals surface area contributed by atoms with Gasteiger partial charge in [0.2, 0.25) is 0 Å². The van der Waals surface area contributed by atoms with Crippen LogP contribution < -0.4 is 20.5 Å². The summed E-state index contributed by atoms with van der Waals surface area (Å²) in [4.78, 5) is 4.37. The first-order chi connectivity index (χ1) is 13.2. The summed E-state index contributed by atoms with van der Waals surface area (Å²) in [5.74, 6) is 0.615. The Morgan fingerprint density at radius 1 is 1.14 bits per heavy atom. The number of nitrogens with zero attached hydrogens (tertiary/aromatic N) is 1. The molecule has 0 heterocycles. The Balaban J connectivity index is 0.00000300. The Hall–Kier alpha value is -2.17. The van der Waals surface area contributed by atoms with Gasteiger partial charge in [-0.3, -0.25) is 0 Å². The van der Waals surface area contributed by atoms with Gasteiger partial charge in [-0.2, -0.15) is 0 Å². The number of benzene rings is 2. The van der Waals surface area contributed by atoms with Crippen LogP contribution in [-0.2, 0) is 0 Å². The van der Waals surface area contributed by atoms with Crippen molar-refractivity contribution in [2.24, 2.45) is 10.7 Å². The summed E-state index contributed by atoms with van der Waals surface area (Å²) in [6, 6.07) is 13.2. The number of hydrogen-bond acceptors (Lipinski definition) is 3. The zero-order valence-electron chi connectivity index (χ0n) is 15.9. The van der Waals surface area contributed by atoms with Crippen molar-refractivity contribution in [1.82, 2.24) is 0 Å². The Morgan fingerprint density at radius 2 is 1.79 bits per heavy atom. The molecule has 3 rings (SSSR count). The number of nitrogens with one attached hydrogen (secondary N) is 1. The summed E-state index contributed by atoms with van der Waals surface area (Å²) in [5, 5.41) is 2.98. The van der Waals surface area contributed by atoms with Crippen molar-refractivity contribution in [1.29, 1.82) is 0 Å². The van der Waals surface area contributed by atoms with Gasteiger partial charge >= 0.3 is 6.36 Å². The molecule has 3 N–H and O–H groups in total. The molecule has 0 saturated heterocycles. The molecule has 29 heavy (non-hydrogen) atoms. The van der Waals surface area contributed by atoms with Gasteiger partial charge < -0.3 is 20.5 Å². The lowest BCUT2D eigenvalue weighted by atomic mass is 10.1. The molecule has 0 amide bonds. The molecule has 2 aromatic carbocycles. The molecule has 2 aromatic rings. The smallest absolute Gasteiger partial charge is 0.491 e. The van der Waals surface area contributed by atoms with Crippen LogP contribution in [0.5, 0.6) is 11.5 Å². The molecule has 0 aliphatic heterocycles. The van der Waals surface area contributed by atoms with E-state index in [1.165, 1.54) is 12.1 Å². The van der Waals surface area contributed by atoms with Gasteiger partial charge in [0.1, 0.15) is 11.5 Å². The highest BCUT2D eigenvalue weighted by molar-refractivity contribution is 14.0. The number of para-hydroxylation sites is 1. The van der Waals surface area contributed by atoms with Gasteiger partial charge in [0.05, 0.1) is 12.1 Å². The SMILES string of the molecule is CC(C)Oc1ccc(NC(N)=NC2CC2c2ccccc2OC(F)(F)F)cc1.I. The van der Waals surface area contributed by atoms with E-state index in [1.807, 2.05) is 38.1 Å². The van der Waals surface area contributed by atoms with Gasteiger partial charge in [0.15, 0.2) is 5.96 Å². The molecule has 9 heteroatoms. The Kier molecular flexibility index (Phi) is 7.61. The lowest BCUT2D eigenvalue weighted by Gasteiger charge is -2.13. The molecule has 0 aromatic heterocycles. The van der Waals surface area contributed by atoms with Crippen molar-refractivity contribution in [2.45, 2.75) is 44.7 Å². The highest BCUT2D eigenvalue weighted by Gasteiger charge is 2.42. The van der Waals surface area contributed by atoms with E-state index in [1.54, 1.807) is 12.1 Å². The van der Waals surface area contributed by atoms with Gasteiger partial charge in [0.25, 0.3) is 0 Å². The van der Waals surface area contributed by atoms with E-state index in [2.05, 4.69) is 15.0 Å². The molecule has 158 valence electrons. The second-order valence-corrected chi connectivity index (χ2v) is 6.83. The van der Waals surface area contributed by atoms with Crippen LogP contribution in [0.1, 0.15) is 31.7 Å². The number of anilines is 1. The van der Waals surface area contributed by atoms with Crippen LogP contribution in [-0.4, -0.2) is 24.5 Å². The number of alkyl halides is 3. The summed E-state index contributed by atoms with van der Waals surface area (Å²) < 4.78 is 47.4. The molecule has 0 radical (unpaired) electrons. The monoisotopic (exact) mass is 521 g/mol. The lowest BCUT2D eigenvalue weighted by molar-refractivity contribution is -0.274. The van der Waals surface area contributed by atoms with Crippen molar-refractivity contribution < 1.29 is 22.6 Å². The third-order valence-corrected chi connectivity index (χ3v) is 4.10. The van der Waals surface area contributed by atoms with E-state index in [4.69, 9.17) is 10.5 Å². The fourth-order valence-electron chi connectivity index (χ4n) is 2.91. The van der Waals surface area contributed by atoms with Crippen LogP contribution in [0.3, 0.4) is 0 Å². The number of ether oxygens (including phenoxy) is 2.